The van der Waals surface area contributed by atoms with Crippen LogP contribution in [0.4, 0.5) is 0 Å². The molecule has 4 fully saturated rings. The molecule has 5 aromatic carbocycles. The van der Waals surface area contributed by atoms with Crippen molar-refractivity contribution in [1.82, 2.24) is 0 Å². The summed E-state index contributed by atoms with van der Waals surface area (Å²) in [4.78, 5) is 164. The number of methoxy groups -OCH3 is 1. The highest BCUT2D eigenvalue weighted by molar-refractivity contribution is 5.92. The highest BCUT2D eigenvalue weighted by atomic mass is 16.8. The van der Waals surface area contributed by atoms with Crippen molar-refractivity contribution in [2.75, 3.05) is 33.5 Å². The van der Waals surface area contributed by atoms with Crippen LogP contribution in [0.5, 0.6) is 0 Å². The molecular weight excluding hydrogens is 1420 g/mol. The number of esters is 12. The van der Waals surface area contributed by atoms with Gasteiger partial charge in [0.2, 0.25) is 0 Å². The van der Waals surface area contributed by atoms with Crippen LogP contribution in [0.3, 0.4) is 0 Å². The number of benzene rings is 5. The number of aliphatic hydroxyl groups excluding tert-OH is 1. The van der Waals surface area contributed by atoms with E-state index in [-0.39, 0.29) is 27.8 Å². The highest BCUT2D eigenvalue weighted by Crippen LogP contribution is 2.40. The minimum Gasteiger partial charge on any atom is -0.463 e. The predicted octanol–water partition coefficient (Wildman–Crippen LogP) is 4.22. The van der Waals surface area contributed by atoms with E-state index in [1.54, 1.807) is 42.5 Å². The topological polar surface area (TPSA) is 410 Å². The fourth-order valence-electron chi connectivity index (χ4n) is 11.9. The smallest absolute Gasteiger partial charge is 0.338 e. The Bertz CT molecular complexity index is 3880. The minimum absolute atomic E-state index is 0.0388. The summed E-state index contributed by atoms with van der Waals surface area (Å²) in [5.41, 5.74) is -0.309. The van der Waals surface area contributed by atoms with Crippen molar-refractivity contribution in [3.05, 3.63) is 179 Å². The molecule has 0 bridgehead atoms. The van der Waals surface area contributed by atoms with E-state index in [1.807, 2.05) is 0 Å². The van der Waals surface area contributed by atoms with Crippen LogP contribution < -0.4 is 0 Å². The number of aliphatic hydroxyl groups is 1. The quantitative estimate of drug-likeness (QED) is 0.0541. The summed E-state index contributed by atoms with van der Waals surface area (Å²) in [6, 6.07) is 37.0. The first kappa shape index (κ1) is 80.5. The fourth-order valence-corrected chi connectivity index (χ4v) is 11.9. The largest absolute Gasteiger partial charge is 0.463 e. The van der Waals surface area contributed by atoms with Gasteiger partial charge in [-0.2, -0.15) is 0 Å². The molecule has 4 aliphatic rings. The summed E-state index contributed by atoms with van der Waals surface area (Å²) in [7, 11) is 1.12. The van der Waals surface area contributed by atoms with Crippen molar-refractivity contribution in [3.63, 3.8) is 0 Å². The molecule has 16 unspecified atom stereocenters. The third kappa shape index (κ3) is 21.8. The first-order chi connectivity index (χ1) is 51.3. The van der Waals surface area contributed by atoms with Gasteiger partial charge in [0.05, 0.1) is 34.4 Å². The summed E-state index contributed by atoms with van der Waals surface area (Å²) in [6.07, 6.45) is -40.2. The van der Waals surface area contributed by atoms with Crippen LogP contribution in [0.2, 0.25) is 0 Å². The van der Waals surface area contributed by atoms with Crippen molar-refractivity contribution in [3.8, 4) is 0 Å². The van der Waals surface area contributed by atoms with Gasteiger partial charge in [0, 0.05) is 55.6 Å². The lowest BCUT2D eigenvalue weighted by Crippen LogP contribution is -2.69. The maximum atomic E-state index is 14.7. The molecule has 0 aromatic heterocycles. The van der Waals surface area contributed by atoms with Gasteiger partial charge >= 0.3 is 71.6 Å². The Labute approximate surface area is 611 Å². The van der Waals surface area contributed by atoms with E-state index in [0.29, 0.717) is 0 Å². The van der Waals surface area contributed by atoms with Gasteiger partial charge in [-0.1, -0.05) is 91.0 Å². The van der Waals surface area contributed by atoms with Crippen LogP contribution in [-0.2, 0) is 128 Å². The fraction of sp³-hybridized carbons (Fsp3) is 0.432. The summed E-state index contributed by atoms with van der Waals surface area (Å²) in [6.45, 7) is 3.33. The van der Waals surface area contributed by atoms with Gasteiger partial charge in [-0.15, -0.1) is 0 Å². The summed E-state index contributed by atoms with van der Waals surface area (Å²) in [5.74, 6) is -12.6. The summed E-state index contributed by atoms with van der Waals surface area (Å²) in [5, 5.41) is 12.4. The summed E-state index contributed by atoms with van der Waals surface area (Å²) < 4.78 is 122. The molecule has 0 spiro atoms. The van der Waals surface area contributed by atoms with E-state index in [1.165, 1.54) is 109 Å². The van der Waals surface area contributed by atoms with Gasteiger partial charge in [-0.3, -0.25) is 33.6 Å². The molecule has 9 rings (SSSR count). The number of hydrogen-bond donors (Lipinski definition) is 1. The zero-order chi connectivity index (χ0) is 77.0. The average Bonchev–Trinajstić information content (AvgIpc) is 0.762. The van der Waals surface area contributed by atoms with Crippen molar-refractivity contribution in [1.29, 1.82) is 0 Å². The average molecular weight is 1500 g/mol. The number of carbonyl (C=O) groups is 12. The number of ether oxygens (including phenoxy) is 20. The van der Waals surface area contributed by atoms with Crippen molar-refractivity contribution >= 4 is 71.6 Å². The molecule has 0 saturated carbocycles. The van der Waals surface area contributed by atoms with Crippen molar-refractivity contribution in [2.24, 2.45) is 0 Å². The van der Waals surface area contributed by atoms with E-state index in [4.69, 9.17) is 94.7 Å². The van der Waals surface area contributed by atoms with E-state index >= 15 is 0 Å². The minimum atomic E-state index is -2.33. The Hall–Kier alpha value is -10.6. The Balaban J connectivity index is 1.23. The van der Waals surface area contributed by atoms with Gasteiger partial charge in [-0.05, 0) is 60.7 Å². The van der Waals surface area contributed by atoms with Crippen molar-refractivity contribution < 1.29 is 157 Å². The van der Waals surface area contributed by atoms with Crippen LogP contribution in [0.1, 0.15) is 100 Å². The Morgan fingerprint density at radius 1 is 0.280 bits per heavy atom. The van der Waals surface area contributed by atoms with E-state index in [2.05, 4.69) is 0 Å². The molecule has 0 amide bonds. The first-order valence-electron chi connectivity index (χ1n) is 33.4. The Morgan fingerprint density at radius 3 is 0.935 bits per heavy atom. The second kappa shape index (κ2) is 38.1. The lowest BCUT2D eigenvalue weighted by atomic mass is 9.95. The lowest BCUT2D eigenvalue weighted by molar-refractivity contribution is -0.384. The lowest BCUT2D eigenvalue weighted by Gasteiger charge is -2.50. The zero-order valence-electron chi connectivity index (χ0n) is 58.8. The van der Waals surface area contributed by atoms with Crippen molar-refractivity contribution in [2.45, 2.75) is 171 Å². The van der Waals surface area contributed by atoms with E-state index in [0.717, 1.165) is 55.6 Å². The maximum Gasteiger partial charge on any atom is 0.338 e. The Kier molecular flexibility index (Phi) is 28.6. The molecule has 0 aliphatic carbocycles. The zero-order valence-corrected chi connectivity index (χ0v) is 58.8. The van der Waals surface area contributed by atoms with Gasteiger partial charge in [0.25, 0.3) is 0 Å². The molecule has 4 heterocycles. The van der Waals surface area contributed by atoms with Gasteiger partial charge in [0.1, 0.15) is 62.5 Å². The van der Waals surface area contributed by atoms with Gasteiger partial charge in [-0.25, -0.2) is 24.0 Å². The standard InChI is InChI=1S/C74H78O33/c1-38(75)89-34-50-55(93-40(3)77)54(82)59(103-68(85)47-28-18-11-19-29-47)73(100-50)106-62-57(95-42(5)79)53(101-74(65(62)97-44(7)81)107-61-56(94-41(4)78)51(35-90-39(2)76)98-71(88-8)63(61)96-43(6)80)37-92-72-64(105-70(87)49-32-22-13-23-33-49)60(104-69(86)48-30-20-12-21-31-48)58(102-67(84)46-26-16-10-17-27-46)52(99-72)36-91-66(83)45-24-14-9-15-25-45/h9-33,50-65,71-74,82H,34-37H2,1-8H3/t50?,51?,52?,53?,54?,55?,56?,57-,58?,59?,60?,61?,62-,63?,64?,65?,71-,72?,73?,74+/m0/s1. The maximum absolute atomic E-state index is 14.7. The van der Waals surface area contributed by atoms with Crippen LogP contribution in [0, 0.1) is 0 Å². The second-order valence-electron chi connectivity index (χ2n) is 24.3. The van der Waals surface area contributed by atoms with Crippen LogP contribution in [0.25, 0.3) is 0 Å². The monoisotopic (exact) mass is 1490 g/mol. The van der Waals surface area contributed by atoms with Gasteiger partial charge < -0.3 is 99.8 Å². The SMILES string of the molecule is CO[C@H]1OC(COC(C)=O)C(OC(C)=O)C(O[C@H]2OC(COC3OC(COC(=O)c4ccccc4)C(OC(=O)c4ccccc4)C(OC(=O)c4ccccc4)C3OC(=O)c3ccccc3)[C@H](OC(C)=O)[C@H](OC3OC(COC(C)=O)C(OC(C)=O)C(O)C3OC(=O)c3ccccc3)C2OC(C)=O)C1OC(C)=O. The molecule has 4 saturated heterocycles. The molecule has 20 atom stereocenters. The number of carbonyl (C=O) groups excluding carboxylic acids is 12. The molecule has 1 N–H and O–H groups in total. The first-order valence-corrected chi connectivity index (χ1v) is 33.4. The third-order valence-electron chi connectivity index (χ3n) is 16.4. The molecule has 107 heavy (non-hydrogen) atoms. The molecule has 33 nitrogen and oxygen atoms in total. The van der Waals surface area contributed by atoms with E-state index < -0.39 is 221 Å². The predicted molar refractivity (Wildman–Crippen MR) is 354 cm³/mol. The number of rotatable bonds is 28. The molecule has 5 aromatic rings. The van der Waals surface area contributed by atoms with Crippen LogP contribution in [0.15, 0.2) is 152 Å². The highest BCUT2D eigenvalue weighted by Gasteiger charge is 2.61. The normalized spacial score (nSPS) is 28.1. The molecule has 0 radical (unpaired) electrons. The molecule has 33 heteroatoms. The van der Waals surface area contributed by atoms with Crippen LogP contribution >= 0.6 is 0 Å². The van der Waals surface area contributed by atoms with Crippen LogP contribution in [-0.4, -0.2) is 233 Å². The molecule has 572 valence electrons. The summed E-state index contributed by atoms with van der Waals surface area (Å²) >= 11 is 0. The molecule has 4 aliphatic heterocycles. The van der Waals surface area contributed by atoms with Gasteiger partial charge in [0.15, 0.2) is 80.1 Å². The second-order valence-corrected chi connectivity index (χ2v) is 24.3. The molecular formula is C74H78O33. The number of hydrogen-bond acceptors (Lipinski definition) is 33. The Morgan fingerprint density at radius 2 is 0.551 bits per heavy atom. The third-order valence-corrected chi connectivity index (χ3v) is 16.4. The van der Waals surface area contributed by atoms with E-state index in [9.17, 15) is 62.6 Å².